The number of anilines is 2. The van der Waals surface area contributed by atoms with Crippen LogP contribution in [0.2, 0.25) is 0 Å². The fourth-order valence-electron chi connectivity index (χ4n) is 3.70. The third-order valence-corrected chi connectivity index (χ3v) is 5.17. The summed E-state index contributed by atoms with van der Waals surface area (Å²) < 4.78 is 0. The Morgan fingerprint density at radius 1 is 1.04 bits per heavy atom. The van der Waals surface area contributed by atoms with Gasteiger partial charge in [-0.05, 0) is 43.2 Å². The fourth-order valence-corrected chi connectivity index (χ4v) is 3.70. The largest absolute Gasteiger partial charge is 0.372 e. The first-order valence-corrected chi connectivity index (χ1v) is 9.54. The minimum absolute atomic E-state index is 0.0432. The van der Waals surface area contributed by atoms with Crippen molar-refractivity contribution < 1.29 is 9.72 Å². The molecular formula is C21H22N4O3. The first-order chi connectivity index (χ1) is 13.6. The van der Waals surface area contributed by atoms with Gasteiger partial charge in [-0.1, -0.05) is 25.0 Å². The van der Waals surface area contributed by atoms with Gasteiger partial charge in [0.15, 0.2) is 0 Å². The van der Waals surface area contributed by atoms with Crippen molar-refractivity contribution in [1.29, 1.82) is 0 Å². The van der Waals surface area contributed by atoms with Crippen LogP contribution in [0.1, 0.15) is 36.2 Å². The third kappa shape index (κ3) is 3.69. The first kappa shape index (κ1) is 18.0. The number of aromatic amines is 1. The second-order valence-electron chi connectivity index (χ2n) is 7.08. The number of rotatable bonds is 4. The molecule has 28 heavy (non-hydrogen) atoms. The Balaban J connectivity index is 1.50. The van der Waals surface area contributed by atoms with Crippen molar-refractivity contribution in [3.05, 3.63) is 64.3 Å². The summed E-state index contributed by atoms with van der Waals surface area (Å²) in [5, 5.41) is 14.6. The lowest BCUT2D eigenvalue weighted by atomic mass is 10.2. The van der Waals surface area contributed by atoms with E-state index in [0.29, 0.717) is 22.3 Å². The maximum Gasteiger partial charge on any atom is 0.293 e. The normalized spacial score (nSPS) is 14.6. The molecule has 2 N–H and O–H groups in total. The molecule has 2 aromatic carbocycles. The van der Waals surface area contributed by atoms with Gasteiger partial charge in [-0.15, -0.1) is 0 Å². The summed E-state index contributed by atoms with van der Waals surface area (Å²) in [6.07, 6.45) is 5.00. The maximum absolute atomic E-state index is 12.6. The molecule has 0 saturated carbocycles. The SMILES string of the molecule is O=C(Nc1ccc(N2CCCCCC2)cc1)c1cc2cccc([N+](=O)[O-])c2[nH]1. The standard InChI is InChI=1S/C21H22N4O3/c26-21(18-14-15-6-5-7-19(25(27)28)20(15)23-18)22-16-8-10-17(11-9-16)24-12-3-1-2-4-13-24/h5-11,14,23H,1-4,12-13H2,(H,22,26). The molecule has 3 aromatic rings. The van der Waals surface area contributed by atoms with Crippen LogP contribution in [-0.4, -0.2) is 28.9 Å². The van der Waals surface area contributed by atoms with E-state index in [1.165, 1.54) is 37.4 Å². The van der Waals surface area contributed by atoms with Gasteiger partial charge in [-0.2, -0.15) is 0 Å². The van der Waals surface area contributed by atoms with Gasteiger partial charge in [0.05, 0.1) is 4.92 Å². The summed E-state index contributed by atoms with van der Waals surface area (Å²) in [5.74, 6) is -0.326. The summed E-state index contributed by atoms with van der Waals surface area (Å²) >= 11 is 0. The number of hydrogen-bond acceptors (Lipinski definition) is 4. The average molecular weight is 378 g/mol. The number of amides is 1. The van der Waals surface area contributed by atoms with Crippen LogP contribution in [0.15, 0.2) is 48.5 Å². The van der Waals surface area contributed by atoms with Crippen molar-refractivity contribution in [2.45, 2.75) is 25.7 Å². The number of aromatic nitrogens is 1. The second-order valence-corrected chi connectivity index (χ2v) is 7.08. The van der Waals surface area contributed by atoms with Gasteiger partial charge < -0.3 is 15.2 Å². The van der Waals surface area contributed by atoms with E-state index in [-0.39, 0.29) is 11.6 Å². The lowest BCUT2D eigenvalue weighted by Gasteiger charge is -2.22. The Labute approximate surface area is 162 Å². The number of nitrogens with one attached hydrogen (secondary N) is 2. The molecule has 0 bridgehead atoms. The molecule has 7 nitrogen and oxygen atoms in total. The van der Waals surface area contributed by atoms with E-state index < -0.39 is 4.92 Å². The zero-order chi connectivity index (χ0) is 19.5. The molecule has 0 radical (unpaired) electrons. The molecule has 1 aromatic heterocycles. The molecule has 1 aliphatic rings. The number of fused-ring (bicyclic) bond motifs is 1. The van der Waals surface area contributed by atoms with Gasteiger partial charge >= 0.3 is 0 Å². The summed E-state index contributed by atoms with van der Waals surface area (Å²) in [6.45, 7) is 2.14. The highest BCUT2D eigenvalue weighted by Gasteiger charge is 2.17. The minimum Gasteiger partial charge on any atom is -0.372 e. The molecular weight excluding hydrogens is 356 g/mol. The number of para-hydroxylation sites is 1. The lowest BCUT2D eigenvalue weighted by molar-refractivity contribution is -0.383. The number of H-pyrrole nitrogens is 1. The van der Waals surface area contributed by atoms with E-state index in [4.69, 9.17) is 0 Å². The van der Waals surface area contributed by atoms with E-state index >= 15 is 0 Å². The van der Waals surface area contributed by atoms with Crippen LogP contribution >= 0.6 is 0 Å². The first-order valence-electron chi connectivity index (χ1n) is 9.54. The van der Waals surface area contributed by atoms with Crippen molar-refractivity contribution in [2.75, 3.05) is 23.3 Å². The molecule has 2 heterocycles. The predicted octanol–water partition coefficient (Wildman–Crippen LogP) is 4.71. The van der Waals surface area contributed by atoms with Crippen molar-refractivity contribution >= 4 is 33.9 Å². The molecule has 0 aliphatic carbocycles. The van der Waals surface area contributed by atoms with Crippen LogP contribution in [0.25, 0.3) is 10.9 Å². The smallest absolute Gasteiger partial charge is 0.293 e. The topological polar surface area (TPSA) is 91.3 Å². The predicted molar refractivity (Wildman–Crippen MR) is 110 cm³/mol. The summed E-state index contributed by atoms with van der Waals surface area (Å²) in [7, 11) is 0. The second kappa shape index (κ2) is 7.72. The van der Waals surface area contributed by atoms with Crippen LogP contribution in [-0.2, 0) is 0 Å². The number of hydrogen-bond donors (Lipinski definition) is 2. The molecule has 0 unspecified atom stereocenters. The number of non-ortho nitro benzene ring substituents is 1. The molecule has 144 valence electrons. The average Bonchev–Trinajstić information content (AvgIpc) is 2.96. The van der Waals surface area contributed by atoms with Crippen LogP contribution in [0.4, 0.5) is 17.1 Å². The molecule has 4 rings (SSSR count). The Kier molecular flexibility index (Phi) is 4.97. The summed E-state index contributed by atoms with van der Waals surface area (Å²) in [4.78, 5) is 28.5. The molecule has 1 amide bonds. The van der Waals surface area contributed by atoms with Crippen molar-refractivity contribution in [2.24, 2.45) is 0 Å². The van der Waals surface area contributed by atoms with Crippen LogP contribution in [0.5, 0.6) is 0 Å². The van der Waals surface area contributed by atoms with Crippen molar-refractivity contribution in [3.8, 4) is 0 Å². The van der Waals surface area contributed by atoms with E-state index in [2.05, 4.69) is 15.2 Å². The number of carbonyl (C=O) groups excluding carboxylic acids is 1. The number of benzene rings is 2. The highest BCUT2D eigenvalue weighted by molar-refractivity contribution is 6.06. The van der Waals surface area contributed by atoms with E-state index in [9.17, 15) is 14.9 Å². The molecule has 1 aliphatic heterocycles. The zero-order valence-corrected chi connectivity index (χ0v) is 15.5. The molecule has 1 fully saturated rings. The molecule has 1 saturated heterocycles. The van der Waals surface area contributed by atoms with Crippen LogP contribution in [0, 0.1) is 10.1 Å². The highest BCUT2D eigenvalue weighted by Crippen LogP contribution is 2.26. The van der Waals surface area contributed by atoms with Crippen LogP contribution < -0.4 is 10.2 Å². The van der Waals surface area contributed by atoms with E-state index in [1.54, 1.807) is 18.2 Å². The number of nitro groups is 1. The van der Waals surface area contributed by atoms with Crippen LogP contribution in [0.3, 0.4) is 0 Å². The van der Waals surface area contributed by atoms with Crippen molar-refractivity contribution in [3.63, 3.8) is 0 Å². The lowest BCUT2D eigenvalue weighted by Crippen LogP contribution is -2.23. The quantitative estimate of drug-likeness (QED) is 0.508. The zero-order valence-electron chi connectivity index (χ0n) is 15.5. The number of nitrogens with zero attached hydrogens (tertiary/aromatic N) is 2. The Morgan fingerprint density at radius 3 is 2.43 bits per heavy atom. The van der Waals surface area contributed by atoms with Gasteiger partial charge in [0, 0.05) is 35.9 Å². The van der Waals surface area contributed by atoms with Gasteiger partial charge in [-0.25, -0.2) is 0 Å². The third-order valence-electron chi connectivity index (χ3n) is 5.17. The summed E-state index contributed by atoms with van der Waals surface area (Å²) in [5.41, 5.74) is 2.46. The molecule has 0 atom stereocenters. The monoisotopic (exact) mass is 378 g/mol. The van der Waals surface area contributed by atoms with Gasteiger partial charge in [0.2, 0.25) is 0 Å². The van der Waals surface area contributed by atoms with Gasteiger partial charge in [-0.3, -0.25) is 14.9 Å². The Bertz CT molecular complexity index is 1000. The van der Waals surface area contributed by atoms with Gasteiger partial charge in [0.25, 0.3) is 11.6 Å². The summed E-state index contributed by atoms with van der Waals surface area (Å²) in [6, 6.07) is 14.2. The fraction of sp³-hybridized carbons (Fsp3) is 0.286. The van der Waals surface area contributed by atoms with Gasteiger partial charge in [0.1, 0.15) is 11.2 Å². The van der Waals surface area contributed by atoms with E-state index in [0.717, 1.165) is 13.1 Å². The number of nitro benzene ring substituents is 1. The highest BCUT2D eigenvalue weighted by atomic mass is 16.6. The van der Waals surface area contributed by atoms with E-state index in [1.807, 2.05) is 24.3 Å². The minimum atomic E-state index is -0.456. The Hall–Kier alpha value is -3.35. The number of carbonyl (C=O) groups is 1. The molecule has 7 heteroatoms. The Morgan fingerprint density at radius 2 is 1.75 bits per heavy atom. The molecule has 0 spiro atoms. The van der Waals surface area contributed by atoms with Crippen molar-refractivity contribution in [1.82, 2.24) is 4.98 Å². The maximum atomic E-state index is 12.6.